The SMILES string of the molecule is CC(=O)Nc1ccc(S(=O)(=O)NC2CCCNC2)c2ccccc12. The van der Waals surface area contributed by atoms with Crippen LogP contribution in [0.1, 0.15) is 19.8 Å². The third kappa shape index (κ3) is 3.58. The number of fused-ring (bicyclic) bond motifs is 1. The number of hydrogen-bond acceptors (Lipinski definition) is 4. The Morgan fingerprint density at radius 3 is 2.58 bits per heavy atom. The van der Waals surface area contributed by atoms with Crippen molar-refractivity contribution in [1.82, 2.24) is 10.0 Å². The number of carbonyl (C=O) groups excluding carboxylic acids is 1. The normalized spacial score (nSPS) is 18.5. The molecule has 1 unspecified atom stereocenters. The zero-order chi connectivity index (χ0) is 17.2. The Hall–Kier alpha value is -1.96. The Morgan fingerprint density at radius 2 is 1.92 bits per heavy atom. The quantitative estimate of drug-likeness (QED) is 0.787. The van der Waals surface area contributed by atoms with Gasteiger partial charge in [0.15, 0.2) is 0 Å². The Balaban J connectivity index is 2.01. The molecule has 1 aliphatic heterocycles. The van der Waals surface area contributed by atoms with Crippen LogP contribution in [0.3, 0.4) is 0 Å². The molecular formula is C17H21N3O3S. The fourth-order valence-corrected chi connectivity index (χ4v) is 4.52. The third-order valence-corrected chi connectivity index (χ3v) is 5.68. The molecule has 1 heterocycles. The van der Waals surface area contributed by atoms with Gasteiger partial charge in [0.05, 0.1) is 4.90 Å². The van der Waals surface area contributed by atoms with Gasteiger partial charge in [0.1, 0.15) is 0 Å². The summed E-state index contributed by atoms with van der Waals surface area (Å²) >= 11 is 0. The van der Waals surface area contributed by atoms with E-state index in [1.165, 1.54) is 6.92 Å². The topological polar surface area (TPSA) is 87.3 Å². The first-order chi connectivity index (χ1) is 11.5. The van der Waals surface area contributed by atoms with E-state index in [9.17, 15) is 13.2 Å². The van der Waals surface area contributed by atoms with Gasteiger partial charge < -0.3 is 10.6 Å². The van der Waals surface area contributed by atoms with Gasteiger partial charge in [0.2, 0.25) is 15.9 Å². The second-order valence-corrected chi connectivity index (χ2v) is 7.68. The van der Waals surface area contributed by atoms with E-state index in [1.807, 2.05) is 12.1 Å². The first kappa shape index (κ1) is 16.9. The van der Waals surface area contributed by atoms with Crippen LogP contribution in [0, 0.1) is 0 Å². The van der Waals surface area contributed by atoms with Crippen LogP contribution in [0.15, 0.2) is 41.3 Å². The molecular weight excluding hydrogens is 326 g/mol. The highest BCUT2D eigenvalue weighted by atomic mass is 32.2. The van der Waals surface area contributed by atoms with Crippen LogP contribution in [0.4, 0.5) is 5.69 Å². The molecule has 1 atom stereocenters. The van der Waals surface area contributed by atoms with Crippen molar-refractivity contribution >= 4 is 32.4 Å². The van der Waals surface area contributed by atoms with Crippen LogP contribution in [-0.2, 0) is 14.8 Å². The smallest absolute Gasteiger partial charge is 0.241 e. The zero-order valence-electron chi connectivity index (χ0n) is 13.5. The molecule has 128 valence electrons. The van der Waals surface area contributed by atoms with Crippen molar-refractivity contribution in [1.29, 1.82) is 0 Å². The molecule has 0 spiro atoms. The van der Waals surface area contributed by atoms with Crippen molar-refractivity contribution in [3.05, 3.63) is 36.4 Å². The minimum absolute atomic E-state index is 0.0995. The molecule has 1 saturated heterocycles. The van der Waals surface area contributed by atoms with Crippen molar-refractivity contribution in [2.75, 3.05) is 18.4 Å². The van der Waals surface area contributed by atoms with Gasteiger partial charge >= 0.3 is 0 Å². The highest BCUT2D eigenvalue weighted by molar-refractivity contribution is 7.89. The summed E-state index contributed by atoms with van der Waals surface area (Å²) in [6.07, 6.45) is 1.78. The van der Waals surface area contributed by atoms with E-state index in [0.29, 0.717) is 23.0 Å². The lowest BCUT2D eigenvalue weighted by Crippen LogP contribution is -2.45. The van der Waals surface area contributed by atoms with Crippen LogP contribution in [-0.4, -0.2) is 33.5 Å². The third-order valence-electron chi connectivity index (χ3n) is 4.10. The van der Waals surface area contributed by atoms with Gasteiger partial charge in [0, 0.05) is 36.0 Å². The number of hydrogen-bond donors (Lipinski definition) is 3. The predicted molar refractivity (Wildman–Crippen MR) is 94.5 cm³/mol. The van der Waals surface area contributed by atoms with E-state index < -0.39 is 10.0 Å². The molecule has 1 aliphatic rings. The van der Waals surface area contributed by atoms with Gasteiger partial charge in [-0.3, -0.25) is 4.79 Å². The number of rotatable bonds is 4. The number of carbonyl (C=O) groups is 1. The maximum atomic E-state index is 12.8. The summed E-state index contributed by atoms with van der Waals surface area (Å²) in [5, 5.41) is 7.25. The lowest BCUT2D eigenvalue weighted by atomic mass is 10.1. The minimum atomic E-state index is -3.63. The van der Waals surface area contributed by atoms with E-state index in [4.69, 9.17) is 0 Å². The van der Waals surface area contributed by atoms with Gasteiger partial charge in [0.25, 0.3) is 0 Å². The molecule has 24 heavy (non-hydrogen) atoms. The standard InChI is InChI=1S/C17H21N3O3S/c1-12(21)19-16-8-9-17(15-7-3-2-6-14(15)16)24(22,23)20-13-5-4-10-18-11-13/h2-3,6-9,13,18,20H,4-5,10-11H2,1H3,(H,19,21). The summed E-state index contributed by atoms with van der Waals surface area (Å²) in [5.74, 6) is -0.192. The minimum Gasteiger partial charge on any atom is -0.326 e. The molecule has 0 aliphatic carbocycles. The van der Waals surface area contributed by atoms with Crippen molar-refractivity contribution in [3.8, 4) is 0 Å². The molecule has 1 amide bonds. The Kier molecular flexibility index (Phi) is 4.84. The number of amides is 1. The fourth-order valence-electron chi connectivity index (χ4n) is 3.04. The molecule has 1 fully saturated rings. The van der Waals surface area contributed by atoms with E-state index >= 15 is 0 Å². The Labute approximate surface area is 141 Å². The molecule has 7 heteroatoms. The first-order valence-electron chi connectivity index (χ1n) is 8.00. The molecule has 0 aromatic heterocycles. The molecule has 3 N–H and O–H groups in total. The van der Waals surface area contributed by atoms with Crippen LogP contribution >= 0.6 is 0 Å². The lowest BCUT2D eigenvalue weighted by Gasteiger charge is -2.24. The lowest BCUT2D eigenvalue weighted by molar-refractivity contribution is -0.114. The highest BCUT2D eigenvalue weighted by Crippen LogP contribution is 2.29. The predicted octanol–water partition coefficient (Wildman–Crippen LogP) is 1.83. The van der Waals surface area contributed by atoms with Crippen molar-refractivity contribution in [2.45, 2.75) is 30.7 Å². The number of nitrogens with one attached hydrogen (secondary N) is 3. The molecule has 0 saturated carbocycles. The van der Waals surface area contributed by atoms with E-state index in [0.717, 1.165) is 19.4 Å². The molecule has 2 aromatic rings. The second-order valence-electron chi connectivity index (χ2n) is 6.00. The van der Waals surface area contributed by atoms with Gasteiger partial charge in [-0.2, -0.15) is 0 Å². The van der Waals surface area contributed by atoms with Gasteiger partial charge in [-0.15, -0.1) is 0 Å². The van der Waals surface area contributed by atoms with Crippen LogP contribution in [0.2, 0.25) is 0 Å². The van der Waals surface area contributed by atoms with Gasteiger partial charge in [-0.1, -0.05) is 24.3 Å². The summed E-state index contributed by atoms with van der Waals surface area (Å²) in [4.78, 5) is 11.6. The van der Waals surface area contributed by atoms with Crippen molar-refractivity contribution < 1.29 is 13.2 Å². The molecule has 6 nitrogen and oxygen atoms in total. The number of sulfonamides is 1. The summed E-state index contributed by atoms with van der Waals surface area (Å²) < 4.78 is 28.4. The van der Waals surface area contributed by atoms with Crippen LogP contribution in [0.25, 0.3) is 10.8 Å². The van der Waals surface area contributed by atoms with Crippen LogP contribution < -0.4 is 15.4 Å². The summed E-state index contributed by atoms with van der Waals surface area (Å²) in [7, 11) is -3.63. The van der Waals surface area contributed by atoms with Gasteiger partial charge in [-0.05, 0) is 31.5 Å². The van der Waals surface area contributed by atoms with Crippen molar-refractivity contribution in [2.24, 2.45) is 0 Å². The fraction of sp³-hybridized carbons (Fsp3) is 0.353. The van der Waals surface area contributed by atoms with Crippen LogP contribution in [0.5, 0.6) is 0 Å². The monoisotopic (exact) mass is 347 g/mol. The first-order valence-corrected chi connectivity index (χ1v) is 9.48. The molecule has 3 rings (SSSR count). The van der Waals surface area contributed by atoms with E-state index in [2.05, 4.69) is 15.4 Å². The molecule has 0 radical (unpaired) electrons. The summed E-state index contributed by atoms with van der Waals surface area (Å²) in [5.41, 5.74) is 0.608. The van der Waals surface area contributed by atoms with E-state index in [1.54, 1.807) is 24.3 Å². The van der Waals surface area contributed by atoms with E-state index in [-0.39, 0.29) is 16.8 Å². The van der Waals surface area contributed by atoms with Crippen molar-refractivity contribution in [3.63, 3.8) is 0 Å². The zero-order valence-corrected chi connectivity index (χ0v) is 14.3. The average molecular weight is 347 g/mol. The second kappa shape index (κ2) is 6.88. The molecule has 2 aromatic carbocycles. The maximum absolute atomic E-state index is 12.8. The number of piperidine rings is 1. The number of anilines is 1. The summed E-state index contributed by atoms with van der Waals surface area (Å²) in [6, 6.07) is 10.3. The Bertz CT molecular complexity index is 859. The highest BCUT2D eigenvalue weighted by Gasteiger charge is 2.24. The average Bonchev–Trinajstić information content (AvgIpc) is 2.55. The largest absolute Gasteiger partial charge is 0.326 e. The molecule has 0 bridgehead atoms. The van der Waals surface area contributed by atoms with Gasteiger partial charge in [-0.25, -0.2) is 13.1 Å². The summed E-state index contributed by atoms with van der Waals surface area (Å²) in [6.45, 7) is 2.99. The number of benzene rings is 2. The Morgan fingerprint density at radius 1 is 1.17 bits per heavy atom. The maximum Gasteiger partial charge on any atom is 0.241 e.